The first-order valence-electron chi connectivity index (χ1n) is 11.9. The van der Waals surface area contributed by atoms with Gasteiger partial charge in [-0.2, -0.15) is 0 Å². The van der Waals surface area contributed by atoms with Crippen LogP contribution in [0.25, 0.3) is 11.4 Å². The minimum Gasteiger partial charge on any atom is -0.487 e. The summed E-state index contributed by atoms with van der Waals surface area (Å²) in [4.78, 5) is 8.70. The molecule has 3 nitrogen and oxygen atoms in total. The highest BCUT2D eigenvalue weighted by Crippen LogP contribution is 2.19. The lowest BCUT2D eigenvalue weighted by Gasteiger charge is -2.11. The molecule has 1 aromatic carbocycles. The maximum Gasteiger partial charge on any atom is 0.159 e. The Labute approximate surface area is 186 Å². The zero-order valence-corrected chi connectivity index (χ0v) is 19.2. The molecule has 0 saturated carbocycles. The van der Waals surface area contributed by atoms with Gasteiger partial charge in [0.15, 0.2) is 11.6 Å². The van der Waals surface area contributed by atoms with Crippen LogP contribution >= 0.6 is 0 Å². The SMILES string of the molecule is CCCCCCCCc1ccc(-c2ncc(OCC(F)CCCC(F)CC)cn2)cc1. The van der Waals surface area contributed by atoms with Crippen molar-refractivity contribution < 1.29 is 13.5 Å². The molecule has 1 aromatic heterocycles. The second-order valence-electron chi connectivity index (χ2n) is 8.30. The Morgan fingerprint density at radius 3 is 2.13 bits per heavy atom. The van der Waals surface area contributed by atoms with Gasteiger partial charge in [0.05, 0.1) is 18.6 Å². The van der Waals surface area contributed by atoms with Crippen LogP contribution in [0.5, 0.6) is 5.75 Å². The third-order valence-electron chi connectivity index (χ3n) is 5.57. The van der Waals surface area contributed by atoms with Crippen LogP contribution in [0.15, 0.2) is 36.7 Å². The Morgan fingerprint density at radius 2 is 1.45 bits per heavy atom. The third-order valence-corrected chi connectivity index (χ3v) is 5.57. The van der Waals surface area contributed by atoms with Crippen LogP contribution < -0.4 is 4.74 Å². The van der Waals surface area contributed by atoms with E-state index in [1.54, 1.807) is 19.3 Å². The van der Waals surface area contributed by atoms with E-state index in [0.717, 1.165) is 12.0 Å². The van der Waals surface area contributed by atoms with Crippen molar-refractivity contribution in [2.45, 2.75) is 96.8 Å². The number of hydrogen-bond donors (Lipinski definition) is 0. The van der Waals surface area contributed by atoms with Crippen LogP contribution in [0.2, 0.25) is 0 Å². The number of aryl methyl sites for hydroxylation is 1. The van der Waals surface area contributed by atoms with Crippen LogP contribution in [-0.4, -0.2) is 28.9 Å². The summed E-state index contributed by atoms with van der Waals surface area (Å²) in [7, 11) is 0. The van der Waals surface area contributed by atoms with Gasteiger partial charge < -0.3 is 4.74 Å². The van der Waals surface area contributed by atoms with E-state index in [1.165, 1.54) is 44.1 Å². The number of benzene rings is 1. The van der Waals surface area contributed by atoms with Crippen molar-refractivity contribution in [3.05, 3.63) is 42.2 Å². The first-order chi connectivity index (χ1) is 15.1. The number of alkyl halides is 2. The smallest absolute Gasteiger partial charge is 0.159 e. The van der Waals surface area contributed by atoms with Crippen LogP contribution in [-0.2, 0) is 6.42 Å². The number of halogens is 2. The molecule has 1 heterocycles. The molecule has 0 N–H and O–H groups in total. The van der Waals surface area contributed by atoms with Crippen molar-refractivity contribution in [2.24, 2.45) is 0 Å². The Balaban J connectivity index is 1.72. The summed E-state index contributed by atoms with van der Waals surface area (Å²) in [5.74, 6) is 1.08. The first-order valence-corrected chi connectivity index (χ1v) is 11.9. The van der Waals surface area contributed by atoms with E-state index in [0.29, 0.717) is 37.3 Å². The fourth-order valence-corrected chi connectivity index (χ4v) is 3.50. The van der Waals surface area contributed by atoms with Crippen LogP contribution in [0.1, 0.15) is 83.6 Å². The van der Waals surface area contributed by atoms with Gasteiger partial charge >= 0.3 is 0 Å². The molecule has 0 radical (unpaired) electrons. The fraction of sp³-hybridized carbons (Fsp3) is 0.615. The Hall–Kier alpha value is -2.04. The Kier molecular flexibility index (Phi) is 12.1. The molecule has 2 aromatic rings. The van der Waals surface area contributed by atoms with Gasteiger partial charge in [-0.3, -0.25) is 0 Å². The number of hydrogen-bond acceptors (Lipinski definition) is 3. The molecule has 0 fully saturated rings. The third kappa shape index (κ3) is 10.2. The van der Waals surface area contributed by atoms with Crippen molar-refractivity contribution in [1.82, 2.24) is 9.97 Å². The number of rotatable bonds is 16. The molecule has 0 aliphatic rings. The molecular formula is C26H38F2N2O. The zero-order valence-electron chi connectivity index (χ0n) is 19.2. The molecule has 31 heavy (non-hydrogen) atoms. The second kappa shape index (κ2) is 14.9. The molecule has 0 bridgehead atoms. The average Bonchev–Trinajstić information content (AvgIpc) is 2.80. The van der Waals surface area contributed by atoms with Crippen LogP contribution in [0.4, 0.5) is 8.78 Å². The molecular weight excluding hydrogens is 394 g/mol. The highest BCUT2D eigenvalue weighted by atomic mass is 19.1. The number of aromatic nitrogens is 2. The molecule has 2 rings (SSSR count). The molecule has 0 spiro atoms. The number of unbranched alkanes of at least 4 members (excludes halogenated alkanes) is 5. The maximum atomic E-state index is 13.9. The predicted molar refractivity (Wildman–Crippen MR) is 124 cm³/mol. The molecule has 172 valence electrons. The van der Waals surface area contributed by atoms with Gasteiger partial charge in [0.2, 0.25) is 0 Å². The number of nitrogens with zero attached hydrogens (tertiary/aromatic N) is 2. The predicted octanol–water partition coefficient (Wildman–Crippen LogP) is 7.68. The second-order valence-corrected chi connectivity index (χ2v) is 8.30. The van der Waals surface area contributed by atoms with Gasteiger partial charge in [0.1, 0.15) is 12.8 Å². The van der Waals surface area contributed by atoms with Crippen LogP contribution in [0.3, 0.4) is 0 Å². The molecule has 0 aliphatic heterocycles. The largest absolute Gasteiger partial charge is 0.487 e. The highest BCUT2D eigenvalue weighted by Gasteiger charge is 2.11. The summed E-state index contributed by atoms with van der Waals surface area (Å²) in [6, 6.07) is 8.38. The van der Waals surface area contributed by atoms with Gasteiger partial charge in [-0.15, -0.1) is 0 Å². The van der Waals surface area contributed by atoms with Crippen molar-refractivity contribution >= 4 is 0 Å². The van der Waals surface area contributed by atoms with Crippen molar-refractivity contribution in [1.29, 1.82) is 0 Å². The molecule has 0 aliphatic carbocycles. The van der Waals surface area contributed by atoms with Crippen molar-refractivity contribution in [2.75, 3.05) is 6.61 Å². The molecule has 0 amide bonds. The summed E-state index contributed by atoms with van der Waals surface area (Å²) in [6.07, 6.45) is 11.9. The van der Waals surface area contributed by atoms with Crippen LogP contribution in [0, 0.1) is 0 Å². The normalized spacial score (nSPS) is 13.2. The Morgan fingerprint density at radius 1 is 0.806 bits per heavy atom. The lowest BCUT2D eigenvalue weighted by Crippen LogP contribution is -2.13. The van der Waals surface area contributed by atoms with E-state index in [4.69, 9.17) is 4.74 Å². The molecule has 2 unspecified atom stereocenters. The monoisotopic (exact) mass is 432 g/mol. The average molecular weight is 433 g/mol. The minimum absolute atomic E-state index is 0.0566. The summed E-state index contributed by atoms with van der Waals surface area (Å²) >= 11 is 0. The van der Waals surface area contributed by atoms with E-state index in [1.807, 2.05) is 12.1 Å². The molecule has 0 saturated heterocycles. The van der Waals surface area contributed by atoms with E-state index in [9.17, 15) is 8.78 Å². The lowest BCUT2D eigenvalue weighted by atomic mass is 10.0. The fourth-order valence-electron chi connectivity index (χ4n) is 3.50. The van der Waals surface area contributed by atoms with E-state index in [2.05, 4.69) is 29.0 Å². The van der Waals surface area contributed by atoms with E-state index < -0.39 is 12.3 Å². The van der Waals surface area contributed by atoms with E-state index >= 15 is 0 Å². The summed E-state index contributed by atoms with van der Waals surface area (Å²) in [6.45, 7) is 3.99. The quantitative estimate of drug-likeness (QED) is 0.255. The lowest BCUT2D eigenvalue weighted by molar-refractivity contribution is 0.178. The summed E-state index contributed by atoms with van der Waals surface area (Å²) in [5, 5.41) is 0. The standard InChI is InChI=1S/C26H38F2N2O/c1-3-5-6-7-8-9-11-21-14-16-22(17-15-21)26-29-18-25(19-30-26)31-20-24(28)13-10-12-23(27)4-2/h14-19,23-24H,3-13,20H2,1-2H3. The van der Waals surface area contributed by atoms with E-state index in [-0.39, 0.29) is 6.61 Å². The molecule has 5 heteroatoms. The first kappa shape index (κ1) is 25.2. The number of ether oxygens (including phenoxy) is 1. The molecule has 2 atom stereocenters. The highest BCUT2D eigenvalue weighted by molar-refractivity contribution is 5.55. The summed E-state index contributed by atoms with van der Waals surface area (Å²) < 4.78 is 32.5. The minimum atomic E-state index is -1.11. The maximum absolute atomic E-state index is 13.9. The van der Waals surface area contributed by atoms with Gasteiger partial charge in [-0.05, 0) is 44.1 Å². The summed E-state index contributed by atoms with van der Waals surface area (Å²) in [5.41, 5.74) is 2.30. The Bertz CT molecular complexity index is 706. The van der Waals surface area contributed by atoms with Crippen molar-refractivity contribution in [3.8, 4) is 17.1 Å². The topological polar surface area (TPSA) is 35.0 Å². The van der Waals surface area contributed by atoms with Gasteiger partial charge in [0.25, 0.3) is 0 Å². The van der Waals surface area contributed by atoms with Gasteiger partial charge in [-0.25, -0.2) is 18.7 Å². The van der Waals surface area contributed by atoms with Gasteiger partial charge in [-0.1, -0.05) is 70.2 Å². The zero-order chi connectivity index (χ0) is 22.3. The van der Waals surface area contributed by atoms with Gasteiger partial charge in [0, 0.05) is 5.56 Å². The van der Waals surface area contributed by atoms with Crippen molar-refractivity contribution in [3.63, 3.8) is 0 Å².